The zero-order valence-electron chi connectivity index (χ0n) is 10.1. The van der Waals surface area contributed by atoms with Crippen LogP contribution in [0.3, 0.4) is 0 Å². The first kappa shape index (κ1) is 15.2. The number of hydrogen-bond donors (Lipinski definition) is 1. The standard InChI is InChI=1S/C11H13F3N2O3/c1-19-9-6-15-3-2-8(9)10(18)16(4-5-17)7-11(12,13)14/h2-3,6,17H,4-5,7H2,1H3. The van der Waals surface area contributed by atoms with Gasteiger partial charge in [0.25, 0.3) is 5.91 Å². The van der Waals surface area contributed by atoms with Crippen LogP contribution in [0.1, 0.15) is 10.4 Å². The molecule has 5 nitrogen and oxygen atoms in total. The molecular weight excluding hydrogens is 265 g/mol. The molecule has 0 aromatic carbocycles. The van der Waals surface area contributed by atoms with Crippen LogP contribution in [0.4, 0.5) is 13.2 Å². The van der Waals surface area contributed by atoms with Crippen molar-refractivity contribution >= 4 is 5.91 Å². The lowest BCUT2D eigenvalue weighted by atomic mass is 10.2. The number of carbonyl (C=O) groups is 1. The second-order valence-corrected chi connectivity index (χ2v) is 3.64. The van der Waals surface area contributed by atoms with E-state index in [2.05, 4.69) is 4.98 Å². The van der Waals surface area contributed by atoms with E-state index in [1.165, 1.54) is 25.6 Å². The number of aliphatic hydroxyl groups excluding tert-OH is 1. The summed E-state index contributed by atoms with van der Waals surface area (Å²) < 4.78 is 42.0. The minimum absolute atomic E-state index is 0.0322. The van der Waals surface area contributed by atoms with Crippen LogP contribution in [0.5, 0.6) is 5.75 Å². The summed E-state index contributed by atoms with van der Waals surface area (Å²) in [6.07, 6.45) is -2.02. The van der Waals surface area contributed by atoms with Crippen LogP contribution in [-0.2, 0) is 0 Å². The first-order chi connectivity index (χ1) is 8.89. The van der Waals surface area contributed by atoms with Gasteiger partial charge in [0.2, 0.25) is 0 Å². The average Bonchev–Trinajstić information content (AvgIpc) is 2.36. The SMILES string of the molecule is COc1cnccc1C(=O)N(CCO)CC(F)(F)F. The fraction of sp³-hybridized carbons (Fsp3) is 0.455. The smallest absolute Gasteiger partial charge is 0.406 e. The van der Waals surface area contributed by atoms with Crippen molar-refractivity contribution < 1.29 is 27.8 Å². The summed E-state index contributed by atoms with van der Waals surface area (Å²) in [5, 5.41) is 8.75. The number of aromatic nitrogens is 1. The lowest BCUT2D eigenvalue weighted by Gasteiger charge is -2.23. The molecule has 1 amide bonds. The van der Waals surface area contributed by atoms with Crippen molar-refractivity contribution in [2.75, 3.05) is 26.8 Å². The lowest BCUT2D eigenvalue weighted by Crippen LogP contribution is -2.40. The predicted molar refractivity (Wildman–Crippen MR) is 59.8 cm³/mol. The monoisotopic (exact) mass is 278 g/mol. The minimum Gasteiger partial charge on any atom is -0.494 e. The Morgan fingerprint density at radius 2 is 2.21 bits per heavy atom. The minimum atomic E-state index is -4.54. The van der Waals surface area contributed by atoms with Gasteiger partial charge in [-0.15, -0.1) is 0 Å². The first-order valence-electron chi connectivity index (χ1n) is 5.34. The van der Waals surface area contributed by atoms with Crippen molar-refractivity contribution in [1.82, 2.24) is 9.88 Å². The van der Waals surface area contributed by atoms with Crippen LogP contribution in [0.2, 0.25) is 0 Å². The van der Waals surface area contributed by atoms with Gasteiger partial charge in [-0.2, -0.15) is 13.2 Å². The number of alkyl halides is 3. The molecule has 0 aliphatic rings. The molecule has 0 aliphatic heterocycles. The van der Waals surface area contributed by atoms with Crippen molar-refractivity contribution in [2.24, 2.45) is 0 Å². The van der Waals surface area contributed by atoms with Crippen LogP contribution >= 0.6 is 0 Å². The summed E-state index contributed by atoms with van der Waals surface area (Å²) in [4.78, 5) is 16.2. The maximum absolute atomic E-state index is 12.4. The summed E-state index contributed by atoms with van der Waals surface area (Å²) in [5.74, 6) is -0.789. The number of halogens is 3. The van der Waals surface area contributed by atoms with Gasteiger partial charge in [-0.05, 0) is 6.07 Å². The van der Waals surface area contributed by atoms with E-state index in [1.807, 2.05) is 0 Å². The Bertz CT molecular complexity index is 437. The van der Waals surface area contributed by atoms with Crippen LogP contribution in [0.15, 0.2) is 18.5 Å². The molecule has 0 saturated heterocycles. The van der Waals surface area contributed by atoms with Gasteiger partial charge in [-0.1, -0.05) is 0 Å². The van der Waals surface area contributed by atoms with Gasteiger partial charge < -0.3 is 14.7 Å². The third-order valence-electron chi connectivity index (χ3n) is 2.26. The topological polar surface area (TPSA) is 62.7 Å². The molecule has 0 atom stereocenters. The van der Waals surface area contributed by atoms with Crippen LogP contribution < -0.4 is 4.74 Å². The Labute approximate surface area is 107 Å². The van der Waals surface area contributed by atoms with Crippen LogP contribution in [-0.4, -0.2) is 53.9 Å². The van der Waals surface area contributed by atoms with Gasteiger partial charge in [-0.3, -0.25) is 9.78 Å². The highest BCUT2D eigenvalue weighted by molar-refractivity contribution is 5.96. The molecule has 0 aliphatic carbocycles. The Kier molecular flexibility index (Phi) is 5.11. The predicted octanol–water partition coefficient (Wildman–Crippen LogP) is 1.09. The fourth-order valence-corrected chi connectivity index (χ4v) is 1.48. The summed E-state index contributed by atoms with van der Waals surface area (Å²) in [6.45, 7) is -2.41. The van der Waals surface area contributed by atoms with Crippen LogP contribution in [0, 0.1) is 0 Å². The molecule has 0 bridgehead atoms. The molecule has 0 radical (unpaired) electrons. The Balaban J connectivity index is 2.99. The van der Waals surface area contributed by atoms with Gasteiger partial charge in [0.05, 0.1) is 25.5 Å². The van der Waals surface area contributed by atoms with E-state index in [-0.39, 0.29) is 11.3 Å². The molecule has 1 rings (SSSR count). The summed E-state index contributed by atoms with van der Waals surface area (Å²) in [6, 6.07) is 1.27. The van der Waals surface area contributed by atoms with Gasteiger partial charge >= 0.3 is 6.18 Å². The molecule has 1 aromatic heterocycles. The third kappa shape index (κ3) is 4.40. The fourth-order valence-electron chi connectivity index (χ4n) is 1.48. The van der Waals surface area contributed by atoms with Gasteiger partial charge in [0.1, 0.15) is 12.3 Å². The van der Waals surface area contributed by atoms with Crippen LogP contribution in [0.25, 0.3) is 0 Å². The molecule has 0 saturated carbocycles. The highest BCUT2D eigenvalue weighted by Crippen LogP contribution is 2.21. The number of pyridine rings is 1. The van der Waals surface area contributed by atoms with Crippen molar-refractivity contribution in [1.29, 1.82) is 0 Å². The van der Waals surface area contributed by atoms with Gasteiger partial charge in [0, 0.05) is 12.7 Å². The molecule has 19 heavy (non-hydrogen) atoms. The molecular formula is C11H13F3N2O3. The number of ether oxygens (including phenoxy) is 1. The molecule has 106 valence electrons. The van der Waals surface area contributed by atoms with E-state index in [0.717, 1.165) is 0 Å². The molecule has 1 aromatic rings. The largest absolute Gasteiger partial charge is 0.494 e. The van der Waals surface area contributed by atoms with Gasteiger partial charge in [0.15, 0.2) is 0 Å². The molecule has 1 heterocycles. The Morgan fingerprint density at radius 1 is 1.53 bits per heavy atom. The number of rotatable bonds is 5. The second kappa shape index (κ2) is 6.37. The van der Waals surface area contributed by atoms with Crippen molar-refractivity contribution in [3.8, 4) is 5.75 Å². The zero-order chi connectivity index (χ0) is 14.5. The summed E-state index contributed by atoms with van der Waals surface area (Å²) in [7, 11) is 1.29. The maximum atomic E-state index is 12.4. The second-order valence-electron chi connectivity index (χ2n) is 3.64. The number of methoxy groups -OCH3 is 1. The van der Waals surface area contributed by atoms with Crippen molar-refractivity contribution in [3.05, 3.63) is 24.0 Å². The van der Waals surface area contributed by atoms with E-state index in [0.29, 0.717) is 4.90 Å². The van der Waals surface area contributed by atoms with Crippen molar-refractivity contribution in [3.63, 3.8) is 0 Å². The highest BCUT2D eigenvalue weighted by Gasteiger charge is 2.33. The maximum Gasteiger partial charge on any atom is 0.406 e. The molecule has 1 N–H and O–H groups in total. The lowest BCUT2D eigenvalue weighted by molar-refractivity contribution is -0.141. The number of hydrogen-bond acceptors (Lipinski definition) is 4. The normalized spacial score (nSPS) is 11.2. The average molecular weight is 278 g/mol. The van der Waals surface area contributed by atoms with E-state index in [4.69, 9.17) is 9.84 Å². The van der Waals surface area contributed by atoms with Gasteiger partial charge in [-0.25, -0.2) is 0 Å². The molecule has 0 spiro atoms. The number of nitrogens with zero attached hydrogens (tertiary/aromatic N) is 2. The summed E-state index contributed by atoms with van der Waals surface area (Å²) >= 11 is 0. The van der Waals surface area contributed by atoms with E-state index in [1.54, 1.807) is 0 Å². The van der Waals surface area contributed by atoms with Crippen molar-refractivity contribution in [2.45, 2.75) is 6.18 Å². The first-order valence-corrected chi connectivity index (χ1v) is 5.34. The number of amides is 1. The molecule has 8 heteroatoms. The molecule has 0 unspecified atom stereocenters. The molecule has 0 fully saturated rings. The quantitative estimate of drug-likeness (QED) is 0.875. The summed E-state index contributed by atoms with van der Waals surface area (Å²) in [5.41, 5.74) is -0.0322. The van der Waals surface area contributed by atoms with E-state index < -0.39 is 31.8 Å². The third-order valence-corrected chi connectivity index (χ3v) is 2.26. The van der Waals surface area contributed by atoms with E-state index in [9.17, 15) is 18.0 Å². The number of carbonyl (C=O) groups excluding carboxylic acids is 1. The zero-order valence-corrected chi connectivity index (χ0v) is 10.1. The Morgan fingerprint density at radius 3 is 2.74 bits per heavy atom. The number of aliphatic hydroxyl groups is 1. The van der Waals surface area contributed by atoms with E-state index >= 15 is 0 Å². The Hall–Kier alpha value is -1.83. The highest BCUT2D eigenvalue weighted by atomic mass is 19.4.